The van der Waals surface area contributed by atoms with Crippen LogP contribution in [0, 0.1) is 0 Å². The highest BCUT2D eigenvalue weighted by Gasteiger charge is 2.28. The molecule has 0 radical (unpaired) electrons. The molecule has 0 saturated carbocycles. The van der Waals surface area contributed by atoms with Crippen LogP contribution in [0.2, 0.25) is 0 Å². The van der Waals surface area contributed by atoms with Crippen LogP contribution in [-0.2, 0) is 24.3 Å². The fourth-order valence-corrected chi connectivity index (χ4v) is 4.42. The first-order valence-electron chi connectivity index (χ1n) is 8.79. The Hall–Kier alpha value is -1.68. The number of morpholine rings is 1. The second-order valence-electron chi connectivity index (χ2n) is 6.10. The summed E-state index contributed by atoms with van der Waals surface area (Å²) in [5, 5.41) is 2.76. The first-order valence-corrected chi connectivity index (χ1v) is 10.2. The first kappa shape index (κ1) is 19.1. The molecule has 1 unspecified atom stereocenters. The molecule has 3 rings (SSSR count). The van der Waals surface area contributed by atoms with Crippen molar-refractivity contribution in [3.63, 3.8) is 0 Å². The van der Waals surface area contributed by atoms with Crippen LogP contribution in [0.5, 0.6) is 5.75 Å². The Labute approximate surface area is 153 Å². The molecule has 1 N–H and O–H groups in total. The molecule has 2 aliphatic rings. The molecular formula is C17H24N2O6S. The van der Waals surface area contributed by atoms with Gasteiger partial charge in [0.15, 0.2) is 0 Å². The van der Waals surface area contributed by atoms with Crippen molar-refractivity contribution in [2.24, 2.45) is 0 Å². The minimum absolute atomic E-state index is 0.116. The average Bonchev–Trinajstić information content (AvgIpc) is 3.19. The Morgan fingerprint density at radius 3 is 2.73 bits per heavy atom. The number of sulfonamides is 1. The van der Waals surface area contributed by atoms with E-state index >= 15 is 0 Å². The van der Waals surface area contributed by atoms with Gasteiger partial charge in [-0.15, -0.1) is 0 Å². The molecule has 1 aromatic carbocycles. The molecule has 2 aliphatic heterocycles. The Kier molecular flexibility index (Phi) is 6.13. The van der Waals surface area contributed by atoms with Gasteiger partial charge < -0.3 is 19.5 Å². The number of anilines is 1. The van der Waals surface area contributed by atoms with Gasteiger partial charge in [0.05, 0.1) is 30.4 Å². The number of hydrogen-bond acceptors (Lipinski definition) is 6. The number of nitrogens with one attached hydrogen (secondary N) is 1. The molecule has 144 valence electrons. The highest BCUT2D eigenvalue weighted by molar-refractivity contribution is 7.89. The lowest BCUT2D eigenvalue weighted by atomic mass is 10.2. The quantitative estimate of drug-likeness (QED) is 0.793. The van der Waals surface area contributed by atoms with E-state index in [0.717, 1.165) is 6.42 Å². The van der Waals surface area contributed by atoms with Crippen LogP contribution in [0.1, 0.15) is 19.8 Å². The van der Waals surface area contributed by atoms with E-state index in [0.29, 0.717) is 57.4 Å². The minimum atomic E-state index is -3.66. The summed E-state index contributed by atoms with van der Waals surface area (Å²) in [4.78, 5) is 12.5. The first-order chi connectivity index (χ1) is 12.5. The van der Waals surface area contributed by atoms with E-state index in [9.17, 15) is 13.2 Å². The molecule has 1 amide bonds. The summed E-state index contributed by atoms with van der Waals surface area (Å²) in [7, 11) is -3.66. The molecular weight excluding hydrogens is 360 g/mol. The number of carbonyl (C=O) groups is 1. The molecule has 9 heteroatoms. The SMILES string of the molecule is CCOc1ccc(S(=O)(=O)N2CCOCC2)cc1NC(=O)C1CCCO1. The van der Waals surface area contributed by atoms with E-state index in [4.69, 9.17) is 14.2 Å². The van der Waals surface area contributed by atoms with Crippen LogP contribution < -0.4 is 10.1 Å². The number of nitrogens with zero attached hydrogens (tertiary/aromatic N) is 1. The number of rotatable bonds is 6. The van der Waals surface area contributed by atoms with Gasteiger partial charge in [0.1, 0.15) is 11.9 Å². The summed E-state index contributed by atoms with van der Waals surface area (Å²) in [5.41, 5.74) is 0.335. The van der Waals surface area contributed by atoms with E-state index in [-0.39, 0.29) is 10.8 Å². The number of ether oxygens (including phenoxy) is 3. The topological polar surface area (TPSA) is 94.2 Å². The second kappa shape index (κ2) is 8.34. The van der Waals surface area contributed by atoms with Gasteiger partial charge in [-0.25, -0.2) is 8.42 Å². The van der Waals surface area contributed by atoms with Crippen molar-refractivity contribution >= 4 is 21.6 Å². The molecule has 0 bridgehead atoms. The van der Waals surface area contributed by atoms with Gasteiger partial charge in [-0.1, -0.05) is 0 Å². The lowest BCUT2D eigenvalue weighted by molar-refractivity contribution is -0.124. The molecule has 1 atom stereocenters. The summed E-state index contributed by atoms with van der Waals surface area (Å²) in [6.07, 6.45) is 0.979. The summed E-state index contributed by atoms with van der Waals surface area (Å²) < 4.78 is 43.2. The Balaban J connectivity index is 1.86. The number of amides is 1. The van der Waals surface area contributed by atoms with Crippen molar-refractivity contribution in [1.82, 2.24) is 4.31 Å². The Morgan fingerprint density at radius 1 is 1.31 bits per heavy atom. The number of hydrogen-bond donors (Lipinski definition) is 1. The molecule has 8 nitrogen and oxygen atoms in total. The summed E-state index contributed by atoms with van der Waals surface area (Å²) in [6, 6.07) is 4.52. The van der Waals surface area contributed by atoms with Crippen LogP contribution in [0.3, 0.4) is 0 Å². The maximum atomic E-state index is 12.8. The molecule has 26 heavy (non-hydrogen) atoms. The predicted molar refractivity (Wildman–Crippen MR) is 94.8 cm³/mol. The highest BCUT2D eigenvalue weighted by Crippen LogP contribution is 2.30. The molecule has 0 aliphatic carbocycles. The van der Waals surface area contributed by atoms with Crippen LogP contribution in [0.4, 0.5) is 5.69 Å². The monoisotopic (exact) mass is 384 g/mol. The van der Waals surface area contributed by atoms with Gasteiger partial charge >= 0.3 is 0 Å². The maximum absolute atomic E-state index is 12.8. The standard InChI is InChI=1S/C17H24N2O6S/c1-2-24-15-6-5-13(26(21,22)19-7-10-23-11-8-19)12-14(15)18-17(20)16-4-3-9-25-16/h5-6,12,16H,2-4,7-11H2,1H3,(H,18,20). The molecule has 2 heterocycles. The Morgan fingerprint density at radius 2 is 2.08 bits per heavy atom. The van der Waals surface area contributed by atoms with Crippen molar-refractivity contribution in [3.05, 3.63) is 18.2 Å². The van der Waals surface area contributed by atoms with E-state index in [1.165, 1.54) is 16.4 Å². The molecule has 2 fully saturated rings. The summed E-state index contributed by atoms with van der Waals surface area (Å²) >= 11 is 0. The fraction of sp³-hybridized carbons (Fsp3) is 0.588. The van der Waals surface area contributed by atoms with Crippen molar-refractivity contribution in [3.8, 4) is 5.75 Å². The second-order valence-corrected chi connectivity index (χ2v) is 8.04. The average molecular weight is 384 g/mol. The lowest BCUT2D eigenvalue weighted by Crippen LogP contribution is -2.40. The van der Waals surface area contributed by atoms with Gasteiger partial charge in [0.25, 0.3) is 5.91 Å². The lowest BCUT2D eigenvalue weighted by Gasteiger charge is -2.26. The van der Waals surface area contributed by atoms with Crippen molar-refractivity contribution in [2.45, 2.75) is 30.8 Å². The van der Waals surface area contributed by atoms with Crippen molar-refractivity contribution in [2.75, 3.05) is 44.8 Å². The molecule has 0 aromatic heterocycles. The third kappa shape index (κ3) is 4.17. The van der Waals surface area contributed by atoms with E-state index < -0.39 is 16.1 Å². The normalized spacial score (nSPS) is 21.5. The fourth-order valence-electron chi connectivity index (χ4n) is 2.98. The third-order valence-corrected chi connectivity index (χ3v) is 6.23. The largest absolute Gasteiger partial charge is 0.492 e. The third-order valence-electron chi connectivity index (χ3n) is 4.34. The zero-order valence-corrected chi connectivity index (χ0v) is 15.6. The zero-order chi connectivity index (χ0) is 18.6. The van der Waals surface area contributed by atoms with E-state index in [1.54, 1.807) is 6.07 Å². The minimum Gasteiger partial charge on any atom is -0.492 e. The van der Waals surface area contributed by atoms with Crippen LogP contribution in [0.15, 0.2) is 23.1 Å². The van der Waals surface area contributed by atoms with Crippen molar-refractivity contribution < 1.29 is 27.4 Å². The number of carbonyl (C=O) groups excluding carboxylic acids is 1. The molecule has 0 spiro atoms. The van der Waals surface area contributed by atoms with E-state index in [2.05, 4.69) is 5.32 Å². The highest BCUT2D eigenvalue weighted by atomic mass is 32.2. The van der Waals surface area contributed by atoms with Gasteiger partial charge in [0.2, 0.25) is 10.0 Å². The van der Waals surface area contributed by atoms with Crippen LogP contribution in [-0.4, -0.2) is 64.3 Å². The van der Waals surface area contributed by atoms with Gasteiger partial charge in [-0.05, 0) is 38.0 Å². The maximum Gasteiger partial charge on any atom is 0.253 e. The van der Waals surface area contributed by atoms with Crippen LogP contribution in [0.25, 0.3) is 0 Å². The number of benzene rings is 1. The van der Waals surface area contributed by atoms with Crippen LogP contribution >= 0.6 is 0 Å². The predicted octanol–water partition coefficient (Wildman–Crippen LogP) is 1.22. The molecule has 2 saturated heterocycles. The zero-order valence-electron chi connectivity index (χ0n) is 14.8. The summed E-state index contributed by atoms with van der Waals surface area (Å²) in [6.45, 7) is 4.16. The Bertz CT molecular complexity index is 740. The summed E-state index contributed by atoms with van der Waals surface area (Å²) in [5.74, 6) is 0.143. The van der Waals surface area contributed by atoms with Crippen molar-refractivity contribution in [1.29, 1.82) is 0 Å². The van der Waals surface area contributed by atoms with Gasteiger partial charge in [-0.3, -0.25) is 4.79 Å². The van der Waals surface area contributed by atoms with E-state index in [1.807, 2.05) is 6.92 Å². The smallest absolute Gasteiger partial charge is 0.253 e. The molecule has 1 aromatic rings. The van der Waals surface area contributed by atoms with Gasteiger partial charge in [0, 0.05) is 19.7 Å². The van der Waals surface area contributed by atoms with Gasteiger partial charge in [-0.2, -0.15) is 4.31 Å².